The molecule has 46 heavy (non-hydrogen) atoms. The van der Waals surface area contributed by atoms with Gasteiger partial charge in [0.2, 0.25) is 0 Å². The van der Waals surface area contributed by atoms with Gasteiger partial charge in [0.1, 0.15) is 0 Å². The van der Waals surface area contributed by atoms with E-state index in [1.165, 1.54) is 98.7 Å². The standard InChI is InChI=1S/C46H34/c1-45(2)36-19-11-14-28-22-23-37-44(42(28)36)43-38(45)25-31(26-39(43)46(37,3)4)41-34-17-9-7-15-32(34)40(33-16-8-10-18-35(33)41)30-21-20-27-12-5-6-13-29(27)24-30/h5-26H,1-4H3. The highest BCUT2D eigenvalue weighted by molar-refractivity contribution is 6.22. The van der Waals surface area contributed by atoms with E-state index in [4.69, 9.17) is 0 Å². The molecule has 2 aliphatic carbocycles. The molecule has 218 valence electrons. The third-order valence-electron chi connectivity index (χ3n) is 11.4. The zero-order chi connectivity index (χ0) is 30.9. The van der Waals surface area contributed by atoms with E-state index in [-0.39, 0.29) is 10.8 Å². The van der Waals surface area contributed by atoms with Gasteiger partial charge in [-0.25, -0.2) is 0 Å². The summed E-state index contributed by atoms with van der Waals surface area (Å²) in [6.45, 7) is 9.72. The van der Waals surface area contributed by atoms with Gasteiger partial charge in [-0.15, -0.1) is 0 Å². The summed E-state index contributed by atoms with van der Waals surface area (Å²) in [7, 11) is 0. The molecule has 8 aromatic rings. The van der Waals surface area contributed by atoms with E-state index in [0.717, 1.165) is 0 Å². The summed E-state index contributed by atoms with van der Waals surface area (Å²) in [6.07, 6.45) is 0. The van der Waals surface area contributed by atoms with E-state index < -0.39 is 0 Å². The fourth-order valence-electron chi connectivity index (χ4n) is 9.11. The SMILES string of the molecule is CC1(C)c2cc(-c3c4ccccc4c(-c4ccc5ccccc5c4)c4ccccc34)cc3c2-c2c1ccc1cccc(c21)C3(C)C. The first-order chi connectivity index (χ1) is 22.3. The van der Waals surface area contributed by atoms with Crippen molar-refractivity contribution >= 4 is 43.1 Å². The van der Waals surface area contributed by atoms with Crippen molar-refractivity contribution in [3.05, 3.63) is 156 Å². The molecular formula is C46H34. The van der Waals surface area contributed by atoms with E-state index in [2.05, 4.69) is 161 Å². The second kappa shape index (κ2) is 8.74. The van der Waals surface area contributed by atoms with E-state index in [9.17, 15) is 0 Å². The Hall–Kier alpha value is -5.20. The molecule has 0 aliphatic heterocycles. The van der Waals surface area contributed by atoms with Crippen molar-refractivity contribution < 1.29 is 0 Å². The number of rotatable bonds is 2. The molecule has 0 atom stereocenters. The quantitative estimate of drug-likeness (QED) is 0.177. The topological polar surface area (TPSA) is 0 Å². The van der Waals surface area contributed by atoms with Gasteiger partial charge < -0.3 is 0 Å². The van der Waals surface area contributed by atoms with Gasteiger partial charge in [-0.3, -0.25) is 0 Å². The Morgan fingerprint density at radius 3 is 1.50 bits per heavy atom. The molecule has 0 N–H and O–H groups in total. The monoisotopic (exact) mass is 586 g/mol. The minimum Gasteiger partial charge on any atom is -0.0616 e. The minimum absolute atomic E-state index is 0.0895. The summed E-state index contributed by atoms with van der Waals surface area (Å²) in [4.78, 5) is 0. The van der Waals surface area contributed by atoms with Crippen molar-refractivity contribution in [1.29, 1.82) is 0 Å². The van der Waals surface area contributed by atoms with Crippen LogP contribution in [-0.4, -0.2) is 0 Å². The Kier molecular flexibility index (Phi) is 4.95. The predicted molar refractivity (Wildman–Crippen MR) is 197 cm³/mol. The third-order valence-corrected chi connectivity index (χ3v) is 11.4. The lowest BCUT2D eigenvalue weighted by Gasteiger charge is -2.35. The van der Waals surface area contributed by atoms with Crippen LogP contribution >= 0.6 is 0 Å². The van der Waals surface area contributed by atoms with Gasteiger partial charge >= 0.3 is 0 Å². The largest absolute Gasteiger partial charge is 0.0616 e. The first-order valence-corrected chi connectivity index (χ1v) is 16.5. The Balaban J connectivity index is 1.33. The van der Waals surface area contributed by atoms with Crippen LogP contribution in [-0.2, 0) is 10.8 Å². The lowest BCUT2D eigenvalue weighted by molar-refractivity contribution is 0.640. The highest BCUT2D eigenvalue weighted by atomic mass is 14.5. The zero-order valence-corrected chi connectivity index (χ0v) is 26.7. The highest BCUT2D eigenvalue weighted by Crippen LogP contribution is 2.60. The molecule has 0 saturated heterocycles. The van der Waals surface area contributed by atoms with Crippen molar-refractivity contribution in [2.75, 3.05) is 0 Å². The molecule has 0 aromatic heterocycles. The van der Waals surface area contributed by atoms with Crippen molar-refractivity contribution in [3.8, 4) is 33.4 Å². The summed E-state index contributed by atoms with van der Waals surface area (Å²) in [5.41, 5.74) is 13.8. The second-order valence-corrected chi connectivity index (χ2v) is 14.5. The molecule has 0 saturated carbocycles. The lowest BCUT2D eigenvalue weighted by Crippen LogP contribution is -2.24. The van der Waals surface area contributed by atoms with Crippen molar-refractivity contribution in [2.45, 2.75) is 38.5 Å². The lowest BCUT2D eigenvalue weighted by atomic mass is 9.68. The van der Waals surface area contributed by atoms with Crippen LogP contribution in [0, 0.1) is 0 Å². The normalized spacial score (nSPS) is 15.3. The Morgan fingerprint density at radius 1 is 0.326 bits per heavy atom. The number of hydrogen-bond donors (Lipinski definition) is 0. The van der Waals surface area contributed by atoms with E-state index in [1.54, 1.807) is 0 Å². The van der Waals surface area contributed by atoms with Gasteiger partial charge in [-0.2, -0.15) is 0 Å². The zero-order valence-electron chi connectivity index (χ0n) is 26.7. The average molecular weight is 587 g/mol. The molecule has 0 amide bonds. The van der Waals surface area contributed by atoms with Gasteiger partial charge in [0.05, 0.1) is 0 Å². The highest BCUT2D eigenvalue weighted by Gasteiger charge is 2.45. The Bertz CT molecular complexity index is 2570. The first kappa shape index (κ1) is 26.1. The predicted octanol–water partition coefficient (Wildman–Crippen LogP) is 12.6. The van der Waals surface area contributed by atoms with Crippen molar-refractivity contribution in [1.82, 2.24) is 0 Å². The van der Waals surface area contributed by atoms with Crippen LogP contribution in [0.2, 0.25) is 0 Å². The summed E-state index contributed by atoms with van der Waals surface area (Å²) in [5.74, 6) is 0. The third kappa shape index (κ3) is 3.19. The summed E-state index contributed by atoms with van der Waals surface area (Å²) < 4.78 is 0. The Morgan fingerprint density at radius 2 is 0.848 bits per heavy atom. The summed E-state index contributed by atoms with van der Waals surface area (Å²) in [6, 6.07) is 50.5. The van der Waals surface area contributed by atoms with Crippen LogP contribution in [0.3, 0.4) is 0 Å². The second-order valence-electron chi connectivity index (χ2n) is 14.5. The summed E-state index contributed by atoms with van der Waals surface area (Å²) >= 11 is 0. The van der Waals surface area contributed by atoms with Crippen molar-refractivity contribution in [2.24, 2.45) is 0 Å². The molecule has 10 rings (SSSR count). The molecule has 0 radical (unpaired) electrons. The Labute approximate surface area is 270 Å². The van der Waals surface area contributed by atoms with Crippen LogP contribution in [0.4, 0.5) is 0 Å². The maximum absolute atomic E-state index is 2.54. The molecule has 0 nitrogen and oxygen atoms in total. The van der Waals surface area contributed by atoms with Crippen molar-refractivity contribution in [3.63, 3.8) is 0 Å². The van der Waals surface area contributed by atoms with E-state index in [1.807, 2.05) is 0 Å². The number of fused-ring (bicyclic) bond motifs is 3. The molecule has 0 spiro atoms. The molecule has 8 aromatic carbocycles. The van der Waals surface area contributed by atoms with Crippen LogP contribution in [0.5, 0.6) is 0 Å². The van der Waals surface area contributed by atoms with Gasteiger partial charge in [0, 0.05) is 10.8 Å². The molecule has 0 bridgehead atoms. The van der Waals surface area contributed by atoms with Crippen LogP contribution < -0.4 is 0 Å². The number of benzene rings is 8. The molecule has 0 fully saturated rings. The maximum Gasteiger partial charge on any atom is 0.0159 e. The molecule has 2 aliphatic rings. The van der Waals surface area contributed by atoms with Crippen LogP contribution in [0.1, 0.15) is 49.9 Å². The van der Waals surface area contributed by atoms with E-state index >= 15 is 0 Å². The average Bonchev–Trinajstić information content (AvgIpc) is 3.31. The fraction of sp³-hybridized carbons (Fsp3) is 0.130. The van der Waals surface area contributed by atoms with Crippen LogP contribution in [0.15, 0.2) is 133 Å². The van der Waals surface area contributed by atoms with Crippen LogP contribution in [0.25, 0.3) is 76.5 Å². The maximum atomic E-state index is 2.54. The van der Waals surface area contributed by atoms with E-state index in [0.29, 0.717) is 0 Å². The van der Waals surface area contributed by atoms with Gasteiger partial charge in [0.25, 0.3) is 0 Å². The fourth-order valence-corrected chi connectivity index (χ4v) is 9.11. The van der Waals surface area contributed by atoms with Gasteiger partial charge in [0.15, 0.2) is 0 Å². The van der Waals surface area contributed by atoms with Gasteiger partial charge in [-0.05, 0) is 117 Å². The molecular weight excluding hydrogens is 553 g/mol. The smallest absolute Gasteiger partial charge is 0.0159 e. The molecule has 0 heterocycles. The van der Waals surface area contributed by atoms with Gasteiger partial charge in [-0.1, -0.05) is 143 Å². The first-order valence-electron chi connectivity index (χ1n) is 16.5. The minimum atomic E-state index is -0.123. The molecule has 0 unspecified atom stereocenters. The summed E-state index contributed by atoms with van der Waals surface area (Å²) in [5, 5.41) is 10.6. The molecule has 0 heteroatoms. The number of hydrogen-bond acceptors (Lipinski definition) is 0.